The molecule has 4 heteroatoms. The summed E-state index contributed by atoms with van der Waals surface area (Å²) in [6.07, 6.45) is 6.88. The number of nitrogens with two attached hydrogens (primary N) is 1. The first kappa shape index (κ1) is 15.3. The number of carbonyl (C=O) groups excluding carboxylic acids is 1. The second kappa shape index (κ2) is 6.59. The summed E-state index contributed by atoms with van der Waals surface area (Å²) in [6.45, 7) is 1.56. The first-order chi connectivity index (χ1) is 9.24. The molecule has 1 amide bonds. The Morgan fingerprint density at radius 1 is 1.15 bits per heavy atom. The highest BCUT2D eigenvalue weighted by atomic mass is 35.5. The molecule has 1 saturated heterocycles. The van der Waals surface area contributed by atoms with E-state index in [4.69, 9.17) is 5.73 Å². The third-order valence-electron chi connectivity index (χ3n) is 4.34. The van der Waals surface area contributed by atoms with Crippen LogP contribution in [0.1, 0.15) is 47.2 Å². The lowest BCUT2D eigenvalue weighted by molar-refractivity contribution is 0.0708. The Bertz CT molecular complexity index is 489. The summed E-state index contributed by atoms with van der Waals surface area (Å²) in [5.41, 5.74) is 9.60. The molecule has 1 atom stereocenters. The van der Waals surface area contributed by atoms with Crippen LogP contribution in [0.15, 0.2) is 18.2 Å². The summed E-state index contributed by atoms with van der Waals surface area (Å²) in [7, 11) is 0. The molecule has 1 fully saturated rings. The van der Waals surface area contributed by atoms with Crippen LogP contribution in [0.3, 0.4) is 0 Å². The second-order valence-corrected chi connectivity index (χ2v) is 5.84. The van der Waals surface area contributed by atoms with E-state index < -0.39 is 0 Å². The Morgan fingerprint density at radius 2 is 1.90 bits per heavy atom. The second-order valence-electron chi connectivity index (χ2n) is 5.84. The molecule has 0 bridgehead atoms. The first-order valence-corrected chi connectivity index (χ1v) is 7.41. The third-order valence-corrected chi connectivity index (χ3v) is 4.34. The van der Waals surface area contributed by atoms with Crippen molar-refractivity contribution in [1.82, 2.24) is 4.90 Å². The van der Waals surface area contributed by atoms with Gasteiger partial charge >= 0.3 is 0 Å². The lowest BCUT2D eigenvalue weighted by Gasteiger charge is -2.31. The number of aryl methyl sites for hydroxylation is 2. The minimum absolute atomic E-state index is 0. The number of halogens is 1. The van der Waals surface area contributed by atoms with Crippen molar-refractivity contribution >= 4 is 18.3 Å². The fourth-order valence-corrected chi connectivity index (χ4v) is 3.24. The van der Waals surface area contributed by atoms with Crippen LogP contribution in [0.2, 0.25) is 0 Å². The van der Waals surface area contributed by atoms with Crippen LogP contribution in [-0.4, -0.2) is 29.9 Å². The quantitative estimate of drug-likeness (QED) is 0.865. The minimum atomic E-state index is 0. The van der Waals surface area contributed by atoms with E-state index >= 15 is 0 Å². The van der Waals surface area contributed by atoms with E-state index in [1.54, 1.807) is 0 Å². The predicted molar refractivity (Wildman–Crippen MR) is 83.4 cm³/mol. The van der Waals surface area contributed by atoms with E-state index in [1.165, 1.54) is 30.4 Å². The van der Waals surface area contributed by atoms with Gasteiger partial charge in [-0.3, -0.25) is 4.79 Å². The Balaban J connectivity index is 0.00000147. The molecule has 1 aromatic carbocycles. The van der Waals surface area contributed by atoms with Crippen molar-refractivity contribution in [3.63, 3.8) is 0 Å². The summed E-state index contributed by atoms with van der Waals surface area (Å²) >= 11 is 0. The number of nitrogens with zero attached hydrogens (tertiary/aromatic N) is 1. The lowest BCUT2D eigenvalue weighted by atomic mass is 9.90. The van der Waals surface area contributed by atoms with Crippen LogP contribution in [0.25, 0.3) is 0 Å². The average Bonchev–Trinajstić information content (AvgIpc) is 2.46. The molecule has 3 nitrogen and oxygen atoms in total. The highest BCUT2D eigenvalue weighted by molar-refractivity contribution is 5.94. The largest absolute Gasteiger partial charge is 0.337 e. The summed E-state index contributed by atoms with van der Waals surface area (Å²) in [5, 5.41) is 0. The molecule has 1 unspecified atom stereocenters. The standard InChI is InChI=1S/C16H22N2O.ClH/c17-15-6-3-9-18(11-15)16(19)14-8-7-12-4-1-2-5-13(12)10-14;/h7-8,10,15H,1-6,9,11,17H2;1H. The van der Waals surface area contributed by atoms with Crippen LogP contribution in [-0.2, 0) is 12.8 Å². The highest BCUT2D eigenvalue weighted by Crippen LogP contribution is 2.23. The number of amides is 1. The molecule has 0 saturated carbocycles. The highest BCUT2D eigenvalue weighted by Gasteiger charge is 2.23. The molecule has 2 aliphatic rings. The van der Waals surface area contributed by atoms with Crippen molar-refractivity contribution in [3.8, 4) is 0 Å². The number of fused-ring (bicyclic) bond motifs is 1. The number of rotatable bonds is 1. The minimum Gasteiger partial charge on any atom is -0.337 e. The summed E-state index contributed by atoms with van der Waals surface area (Å²) in [6, 6.07) is 6.39. The smallest absolute Gasteiger partial charge is 0.253 e. The van der Waals surface area contributed by atoms with Gasteiger partial charge in [-0.15, -0.1) is 12.4 Å². The molecular weight excluding hydrogens is 272 g/mol. The molecule has 1 heterocycles. The summed E-state index contributed by atoms with van der Waals surface area (Å²) in [5.74, 6) is 0.156. The molecule has 3 rings (SSSR count). The van der Waals surface area contributed by atoms with Crippen molar-refractivity contribution < 1.29 is 4.79 Å². The molecule has 1 aliphatic carbocycles. The number of benzene rings is 1. The Morgan fingerprint density at radius 3 is 2.65 bits per heavy atom. The fraction of sp³-hybridized carbons (Fsp3) is 0.562. The van der Waals surface area contributed by atoms with Crippen molar-refractivity contribution in [3.05, 3.63) is 34.9 Å². The van der Waals surface area contributed by atoms with Gasteiger partial charge in [0, 0.05) is 24.7 Å². The number of hydrogen-bond acceptors (Lipinski definition) is 2. The maximum Gasteiger partial charge on any atom is 0.253 e. The van der Waals surface area contributed by atoms with E-state index in [9.17, 15) is 4.79 Å². The number of likely N-dealkylation sites (tertiary alicyclic amines) is 1. The normalized spacial score (nSPS) is 21.9. The van der Waals surface area contributed by atoms with Crippen LogP contribution < -0.4 is 5.73 Å². The third kappa shape index (κ3) is 3.15. The Kier molecular flexibility index (Phi) is 5.06. The molecule has 1 aromatic rings. The topological polar surface area (TPSA) is 46.3 Å². The van der Waals surface area contributed by atoms with Crippen molar-refractivity contribution in [2.24, 2.45) is 5.73 Å². The van der Waals surface area contributed by atoms with Crippen molar-refractivity contribution in [2.45, 2.75) is 44.6 Å². The molecular formula is C16H23ClN2O. The van der Waals surface area contributed by atoms with Gasteiger partial charge in [0.05, 0.1) is 0 Å². The molecule has 110 valence electrons. The van der Waals surface area contributed by atoms with Gasteiger partial charge in [-0.2, -0.15) is 0 Å². The molecule has 0 spiro atoms. The van der Waals surface area contributed by atoms with E-state index in [1.807, 2.05) is 11.0 Å². The number of hydrogen-bond donors (Lipinski definition) is 1. The zero-order chi connectivity index (χ0) is 13.2. The lowest BCUT2D eigenvalue weighted by Crippen LogP contribution is -2.45. The van der Waals surface area contributed by atoms with Crippen molar-refractivity contribution in [2.75, 3.05) is 13.1 Å². The molecule has 1 aliphatic heterocycles. The SMILES string of the molecule is Cl.NC1CCCN(C(=O)c2ccc3c(c2)CCCC3)C1. The molecule has 2 N–H and O–H groups in total. The summed E-state index contributed by atoms with van der Waals surface area (Å²) in [4.78, 5) is 14.4. The average molecular weight is 295 g/mol. The van der Waals surface area contributed by atoms with Crippen molar-refractivity contribution in [1.29, 1.82) is 0 Å². The van der Waals surface area contributed by atoms with Gasteiger partial charge in [-0.25, -0.2) is 0 Å². The number of carbonyl (C=O) groups is 1. The van der Waals surface area contributed by atoms with E-state index in [2.05, 4.69) is 12.1 Å². The van der Waals surface area contributed by atoms with Gasteiger partial charge < -0.3 is 10.6 Å². The monoisotopic (exact) mass is 294 g/mol. The van der Waals surface area contributed by atoms with E-state index in [-0.39, 0.29) is 24.4 Å². The van der Waals surface area contributed by atoms with Crippen LogP contribution in [0.4, 0.5) is 0 Å². The van der Waals surface area contributed by atoms with Gasteiger partial charge in [0.25, 0.3) is 5.91 Å². The van der Waals surface area contributed by atoms with Crippen LogP contribution in [0, 0.1) is 0 Å². The number of piperidine rings is 1. The van der Waals surface area contributed by atoms with Gasteiger partial charge in [-0.05, 0) is 61.8 Å². The van der Waals surface area contributed by atoms with Gasteiger partial charge in [0.15, 0.2) is 0 Å². The van der Waals surface area contributed by atoms with Crippen LogP contribution in [0.5, 0.6) is 0 Å². The fourth-order valence-electron chi connectivity index (χ4n) is 3.24. The Labute approximate surface area is 126 Å². The molecule has 0 aromatic heterocycles. The van der Waals surface area contributed by atoms with Crippen LogP contribution >= 0.6 is 12.4 Å². The molecule has 0 radical (unpaired) electrons. The van der Waals surface area contributed by atoms with E-state index in [0.717, 1.165) is 31.4 Å². The zero-order valence-corrected chi connectivity index (χ0v) is 12.6. The van der Waals surface area contributed by atoms with Gasteiger partial charge in [-0.1, -0.05) is 6.07 Å². The molecule has 20 heavy (non-hydrogen) atoms. The van der Waals surface area contributed by atoms with Gasteiger partial charge in [0.2, 0.25) is 0 Å². The zero-order valence-electron chi connectivity index (χ0n) is 11.8. The first-order valence-electron chi connectivity index (χ1n) is 7.41. The Hall–Kier alpha value is -1.06. The van der Waals surface area contributed by atoms with Gasteiger partial charge in [0.1, 0.15) is 0 Å². The summed E-state index contributed by atoms with van der Waals surface area (Å²) < 4.78 is 0. The maximum absolute atomic E-state index is 12.5. The van der Waals surface area contributed by atoms with E-state index in [0.29, 0.717) is 6.54 Å². The predicted octanol–water partition coefficient (Wildman–Crippen LogP) is 2.55. The maximum atomic E-state index is 12.5.